The van der Waals surface area contributed by atoms with Crippen LogP contribution in [0.2, 0.25) is 0 Å². The number of nitrogens with zero attached hydrogens (tertiary/aromatic N) is 4. The molecule has 2 aromatic rings. The summed E-state index contributed by atoms with van der Waals surface area (Å²) in [5.74, 6) is -1.07. The van der Waals surface area contributed by atoms with Gasteiger partial charge in [-0.05, 0) is 35.4 Å². The molecule has 0 unspecified atom stereocenters. The fourth-order valence-corrected chi connectivity index (χ4v) is 1.65. The van der Waals surface area contributed by atoms with Crippen LogP contribution in [0.3, 0.4) is 0 Å². The highest BCUT2D eigenvalue weighted by atomic mass is 16.4. The molecule has 7 nitrogen and oxygen atoms in total. The van der Waals surface area contributed by atoms with Crippen molar-refractivity contribution < 1.29 is 9.90 Å². The van der Waals surface area contributed by atoms with Crippen LogP contribution in [0.25, 0.3) is 10.4 Å². The lowest BCUT2D eigenvalue weighted by atomic mass is 10.1. The van der Waals surface area contributed by atoms with E-state index in [4.69, 9.17) is 10.6 Å². The first-order valence-corrected chi connectivity index (χ1v) is 5.76. The number of benzene rings is 1. The Morgan fingerprint density at radius 2 is 2.30 bits per heavy atom. The SMILES string of the molecule is [N-]=[N+]=Nc1cc(C(=O)O)ccc1NCc1cccnc1. The normalized spacial score (nSPS) is 9.60. The number of nitrogens with one attached hydrogen (secondary N) is 1. The first kappa shape index (κ1) is 13.4. The van der Waals surface area contributed by atoms with E-state index in [0.29, 0.717) is 12.2 Å². The third-order valence-corrected chi connectivity index (χ3v) is 2.60. The van der Waals surface area contributed by atoms with Crippen molar-refractivity contribution in [2.75, 3.05) is 5.32 Å². The van der Waals surface area contributed by atoms with E-state index in [1.165, 1.54) is 12.1 Å². The summed E-state index contributed by atoms with van der Waals surface area (Å²) < 4.78 is 0. The molecule has 0 atom stereocenters. The van der Waals surface area contributed by atoms with Gasteiger partial charge in [0.1, 0.15) is 0 Å². The number of carboxylic acids is 1. The maximum Gasteiger partial charge on any atom is 0.335 e. The van der Waals surface area contributed by atoms with Crippen LogP contribution >= 0.6 is 0 Å². The highest BCUT2D eigenvalue weighted by Gasteiger charge is 2.07. The molecule has 0 fully saturated rings. The molecular weight excluding hydrogens is 258 g/mol. The van der Waals surface area contributed by atoms with Gasteiger partial charge in [0.05, 0.1) is 11.3 Å². The van der Waals surface area contributed by atoms with E-state index in [9.17, 15) is 4.79 Å². The van der Waals surface area contributed by atoms with Crippen LogP contribution in [-0.2, 0) is 6.54 Å². The third-order valence-electron chi connectivity index (χ3n) is 2.60. The van der Waals surface area contributed by atoms with Crippen molar-refractivity contribution >= 4 is 17.3 Å². The zero-order valence-corrected chi connectivity index (χ0v) is 10.4. The van der Waals surface area contributed by atoms with Gasteiger partial charge in [0.25, 0.3) is 0 Å². The van der Waals surface area contributed by atoms with Gasteiger partial charge in [-0.1, -0.05) is 11.2 Å². The van der Waals surface area contributed by atoms with Crippen LogP contribution in [0.15, 0.2) is 47.8 Å². The fraction of sp³-hybridized carbons (Fsp3) is 0.0769. The molecule has 0 aliphatic carbocycles. The van der Waals surface area contributed by atoms with Crippen molar-refractivity contribution in [1.29, 1.82) is 0 Å². The summed E-state index contributed by atoms with van der Waals surface area (Å²) in [6, 6.07) is 8.07. The Bertz CT molecular complexity index is 666. The Kier molecular flexibility index (Phi) is 4.16. The number of aromatic nitrogens is 1. The monoisotopic (exact) mass is 269 g/mol. The predicted octanol–water partition coefficient (Wildman–Crippen LogP) is 3.33. The van der Waals surface area contributed by atoms with E-state index < -0.39 is 5.97 Å². The lowest BCUT2D eigenvalue weighted by molar-refractivity contribution is 0.0697. The third kappa shape index (κ3) is 3.24. The van der Waals surface area contributed by atoms with Gasteiger partial charge in [-0.15, -0.1) is 0 Å². The van der Waals surface area contributed by atoms with Gasteiger partial charge in [-0.3, -0.25) is 4.98 Å². The fourth-order valence-electron chi connectivity index (χ4n) is 1.65. The summed E-state index contributed by atoms with van der Waals surface area (Å²) in [6.07, 6.45) is 3.39. The number of carbonyl (C=O) groups is 1. The highest BCUT2D eigenvalue weighted by Crippen LogP contribution is 2.27. The first-order chi connectivity index (χ1) is 9.70. The lowest BCUT2D eigenvalue weighted by Crippen LogP contribution is -2.01. The standard InChI is InChI=1S/C13H11N5O2/c14-18-17-12-6-10(13(19)20)3-4-11(12)16-8-9-2-1-5-15-7-9/h1-7,16H,8H2,(H,19,20). The lowest BCUT2D eigenvalue weighted by Gasteiger charge is -2.09. The van der Waals surface area contributed by atoms with Crippen molar-refractivity contribution in [1.82, 2.24) is 4.98 Å². The minimum absolute atomic E-state index is 0.0688. The van der Waals surface area contributed by atoms with E-state index in [0.717, 1.165) is 5.56 Å². The molecule has 7 heteroatoms. The number of hydrogen-bond acceptors (Lipinski definition) is 4. The molecule has 1 heterocycles. The van der Waals surface area contributed by atoms with E-state index in [2.05, 4.69) is 20.3 Å². The number of carboxylic acid groups (broad SMARTS) is 1. The number of azide groups is 1. The molecule has 0 saturated carbocycles. The second kappa shape index (κ2) is 6.21. The molecule has 0 saturated heterocycles. The zero-order chi connectivity index (χ0) is 14.4. The maximum absolute atomic E-state index is 10.9. The van der Waals surface area contributed by atoms with Gasteiger partial charge in [-0.25, -0.2) is 4.79 Å². The molecule has 100 valence electrons. The van der Waals surface area contributed by atoms with Gasteiger partial charge in [0, 0.05) is 29.5 Å². The number of hydrogen-bond donors (Lipinski definition) is 2. The van der Waals surface area contributed by atoms with E-state index in [1.807, 2.05) is 12.1 Å². The largest absolute Gasteiger partial charge is 0.478 e. The minimum atomic E-state index is -1.07. The molecule has 2 rings (SSSR count). The van der Waals surface area contributed by atoms with Gasteiger partial charge in [0.15, 0.2) is 0 Å². The van der Waals surface area contributed by atoms with Gasteiger partial charge >= 0.3 is 5.97 Å². The van der Waals surface area contributed by atoms with Crippen LogP contribution in [0.4, 0.5) is 11.4 Å². The molecule has 0 aliphatic heterocycles. The summed E-state index contributed by atoms with van der Waals surface area (Å²) in [4.78, 5) is 17.6. The Morgan fingerprint density at radius 1 is 1.45 bits per heavy atom. The van der Waals surface area contributed by atoms with Gasteiger partial charge in [0.2, 0.25) is 0 Å². The topological polar surface area (TPSA) is 111 Å². The van der Waals surface area contributed by atoms with Crippen molar-refractivity contribution in [3.8, 4) is 0 Å². The van der Waals surface area contributed by atoms with E-state index >= 15 is 0 Å². The van der Waals surface area contributed by atoms with Gasteiger partial charge in [-0.2, -0.15) is 0 Å². The smallest absolute Gasteiger partial charge is 0.335 e. The summed E-state index contributed by atoms with van der Waals surface area (Å²) in [7, 11) is 0. The number of aromatic carboxylic acids is 1. The van der Waals surface area contributed by atoms with Crippen LogP contribution in [0, 0.1) is 0 Å². The predicted molar refractivity (Wildman–Crippen MR) is 73.8 cm³/mol. The van der Waals surface area contributed by atoms with Crippen molar-refractivity contribution in [3.63, 3.8) is 0 Å². The molecule has 0 amide bonds. The van der Waals surface area contributed by atoms with E-state index in [-0.39, 0.29) is 11.3 Å². The zero-order valence-electron chi connectivity index (χ0n) is 10.4. The van der Waals surface area contributed by atoms with Crippen molar-refractivity contribution in [2.24, 2.45) is 5.11 Å². The molecular formula is C13H11N5O2. The van der Waals surface area contributed by atoms with Crippen LogP contribution < -0.4 is 5.32 Å². The van der Waals surface area contributed by atoms with Crippen LogP contribution in [-0.4, -0.2) is 16.1 Å². The molecule has 1 aromatic carbocycles. The first-order valence-electron chi connectivity index (χ1n) is 5.76. The number of rotatable bonds is 5. The van der Waals surface area contributed by atoms with Crippen molar-refractivity contribution in [2.45, 2.75) is 6.54 Å². The highest BCUT2D eigenvalue weighted by molar-refractivity contribution is 5.90. The second-order valence-electron chi connectivity index (χ2n) is 3.94. The molecule has 0 bridgehead atoms. The minimum Gasteiger partial charge on any atom is -0.478 e. The molecule has 2 N–H and O–H groups in total. The number of anilines is 1. The molecule has 20 heavy (non-hydrogen) atoms. The average molecular weight is 269 g/mol. The summed E-state index contributed by atoms with van der Waals surface area (Å²) in [5.41, 5.74) is 10.4. The maximum atomic E-state index is 10.9. The Morgan fingerprint density at radius 3 is 2.95 bits per heavy atom. The molecule has 0 aliphatic rings. The summed E-state index contributed by atoms with van der Waals surface area (Å²) >= 11 is 0. The van der Waals surface area contributed by atoms with E-state index in [1.54, 1.807) is 18.5 Å². The summed E-state index contributed by atoms with van der Waals surface area (Å²) in [6.45, 7) is 0.494. The Hall–Kier alpha value is -3.05. The van der Waals surface area contributed by atoms with Crippen LogP contribution in [0.5, 0.6) is 0 Å². The summed E-state index contributed by atoms with van der Waals surface area (Å²) in [5, 5.41) is 15.5. The van der Waals surface area contributed by atoms with Gasteiger partial charge < -0.3 is 10.4 Å². The molecule has 0 spiro atoms. The second-order valence-corrected chi connectivity index (χ2v) is 3.94. The quantitative estimate of drug-likeness (QED) is 0.492. The number of pyridine rings is 1. The van der Waals surface area contributed by atoms with Crippen LogP contribution in [0.1, 0.15) is 15.9 Å². The molecule has 1 aromatic heterocycles. The Labute approximate surface area is 114 Å². The Balaban J connectivity index is 2.22. The molecule has 0 radical (unpaired) electrons. The average Bonchev–Trinajstić information content (AvgIpc) is 2.47. The van der Waals surface area contributed by atoms with Crippen molar-refractivity contribution in [3.05, 3.63) is 64.3 Å².